The molecule has 0 radical (unpaired) electrons. The van der Waals surface area contributed by atoms with Crippen molar-refractivity contribution in [3.05, 3.63) is 22.4 Å². The second-order valence-electron chi connectivity index (χ2n) is 3.29. The monoisotopic (exact) mass is 311 g/mol. The number of rotatable bonds is 3. The second kappa shape index (κ2) is 4.66. The number of nitrogens with one attached hydrogen (secondary N) is 1. The fraction of sp³-hybridized carbons (Fsp3) is 0.250. The molecule has 8 heteroatoms. The quantitative estimate of drug-likeness (QED) is 0.643. The molecule has 0 saturated heterocycles. The van der Waals surface area contributed by atoms with Crippen molar-refractivity contribution in [3.63, 3.8) is 0 Å². The van der Waals surface area contributed by atoms with Gasteiger partial charge in [0.25, 0.3) is 10.0 Å². The number of anilines is 1. The molecule has 0 aliphatic heterocycles. The van der Waals surface area contributed by atoms with Gasteiger partial charge in [-0.15, -0.1) is 4.83 Å². The highest BCUT2D eigenvalue weighted by molar-refractivity contribution is 9.10. The third-order valence-electron chi connectivity index (χ3n) is 1.64. The lowest BCUT2D eigenvalue weighted by Crippen LogP contribution is -2.36. The van der Waals surface area contributed by atoms with E-state index in [4.69, 9.17) is 5.73 Å². The summed E-state index contributed by atoms with van der Waals surface area (Å²) in [4.78, 5) is 2.03. The summed E-state index contributed by atoms with van der Waals surface area (Å²) in [6.45, 7) is 0. The number of sulfonamides is 1. The molecule has 0 aliphatic rings. The van der Waals surface area contributed by atoms with Gasteiger partial charge in [0.2, 0.25) is 0 Å². The third kappa shape index (κ3) is 2.91. The molecule has 0 saturated carbocycles. The number of benzene rings is 1. The zero-order valence-electron chi connectivity index (χ0n) is 8.66. The molecule has 0 bridgehead atoms. The van der Waals surface area contributed by atoms with Crippen molar-refractivity contribution in [1.82, 2.24) is 9.84 Å². The summed E-state index contributed by atoms with van der Waals surface area (Å²) in [5, 5.41) is 1.26. The van der Waals surface area contributed by atoms with E-state index in [0.717, 1.165) is 12.1 Å². The van der Waals surface area contributed by atoms with Gasteiger partial charge < -0.3 is 5.73 Å². The summed E-state index contributed by atoms with van der Waals surface area (Å²) >= 11 is 2.90. The third-order valence-corrected chi connectivity index (χ3v) is 3.79. The lowest BCUT2D eigenvalue weighted by atomic mass is 10.3. The van der Waals surface area contributed by atoms with E-state index in [2.05, 4.69) is 20.8 Å². The average molecular weight is 312 g/mol. The van der Waals surface area contributed by atoms with Gasteiger partial charge in [-0.25, -0.2) is 17.8 Å². The zero-order valence-corrected chi connectivity index (χ0v) is 11.1. The number of hydrazine groups is 1. The van der Waals surface area contributed by atoms with Crippen LogP contribution in [0.25, 0.3) is 0 Å². The average Bonchev–Trinajstić information content (AvgIpc) is 2.08. The van der Waals surface area contributed by atoms with E-state index in [9.17, 15) is 12.8 Å². The number of hydrogen-bond donors (Lipinski definition) is 2. The summed E-state index contributed by atoms with van der Waals surface area (Å²) in [6, 6.07) is 2.07. The number of halogens is 2. The molecule has 0 aromatic heterocycles. The van der Waals surface area contributed by atoms with Crippen molar-refractivity contribution in [3.8, 4) is 0 Å². The Labute approximate surface area is 102 Å². The first-order valence-corrected chi connectivity index (χ1v) is 6.46. The minimum atomic E-state index is -3.78. The smallest absolute Gasteiger partial charge is 0.255 e. The van der Waals surface area contributed by atoms with Gasteiger partial charge in [-0.05, 0) is 28.1 Å². The van der Waals surface area contributed by atoms with Crippen LogP contribution in [0.5, 0.6) is 0 Å². The van der Waals surface area contributed by atoms with Gasteiger partial charge in [-0.1, -0.05) is 0 Å². The van der Waals surface area contributed by atoms with E-state index in [1.54, 1.807) is 0 Å². The van der Waals surface area contributed by atoms with E-state index < -0.39 is 15.8 Å². The molecule has 16 heavy (non-hydrogen) atoms. The number of nitrogens with two attached hydrogens (primary N) is 1. The predicted molar refractivity (Wildman–Crippen MR) is 62.5 cm³/mol. The second-order valence-corrected chi connectivity index (χ2v) is 5.78. The number of nitrogen functional groups attached to an aromatic ring is 1. The van der Waals surface area contributed by atoms with Gasteiger partial charge >= 0.3 is 0 Å². The van der Waals surface area contributed by atoms with Crippen LogP contribution in [0.4, 0.5) is 10.1 Å². The fourth-order valence-electron chi connectivity index (χ4n) is 1.07. The Morgan fingerprint density at radius 2 is 2.00 bits per heavy atom. The molecule has 0 fully saturated rings. The molecular weight excluding hydrogens is 301 g/mol. The van der Waals surface area contributed by atoms with Crippen LogP contribution in [0.15, 0.2) is 21.5 Å². The summed E-state index contributed by atoms with van der Waals surface area (Å²) in [5.74, 6) is -0.610. The largest absolute Gasteiger partial charge is 0.398 e. The van der Waals surface area contributed by atoms with Gasteiger partial charge in [-0.2, -0.15) is 0 Å². The van der Waals surface area contributed by atoms with Gasteiger partial charge in [0.05, 0.1) is 10.2 Å². The molecule has 1 aromatic rings. The number of hydrogen-bond acceptors (Lipinski definition) is 4. The molecular formula is C8H11BrFN3O2S. The van der Waals surface area contributed by atoms with E-state index >= 15 is 0 Å². The Morgan fingerprint density at radius 3 is 2.50 bits per heavy atom. The Balaban J connectivity index is 3.29. The molecule has 3 N–H and O–H groups in total. The Bertz CT molecular complexity index is 504. The van der Waals surface area contributed by atoms with E-state index in [0.29, 0.717) is 0 Å². The van der Waals surface area contributed by atoms with E-state index in [-0.39, 0.29) is 15.1 Å². The highest BCUT2D eigenvalue weighted by Gasteiger charge is 2.20. The summed E-state index contributed by atoms with van der Waals surface area (Å²) in [7, 11) is -0.735. The lowest BCUT2D eigenvalue weighted by Gasteiger charge is -2.14. The van der Waals surface area contributed by atoms with Crippen molar-refractivity contribution in [1.29, 1.82) is 0 Å². The SMILES string of the molecule is CN(C)NS(=O)(=O)c1cc(Br)c(F)cc1N. The van der Waals surface area contributed by atoms with Gasteiger partial charge in [0.1, 0.15) is 10.7 Å². The standard InChI is InChI=1S/C8H11BrFN3O2S/c1-13(2)12-16(14,15)8-3-5(9)6(10)4-7(8)11/h3-4,12H,11H2,1-2H3. The van der Waals surface area contributed by atoms with Gasteiger partial charge in [0, 0.05) is 14.1 Å². The van der Waals surface area contributed by atoms with Crippen molar-refractivity contribution < 1.29 is 12.8 Å². The Morgan fingerprint density at radius 1 is 1.44 bits per heavy atom. The van der Waals surface area contributed by atoms with Crippen LogP contribution in [0.2, 0.25) is 0 Å². The predicted octanol–water partition coefficient (Wildman–Crippen LogP) is 0.925. The van der Waals surface area contributed by atoms with Crippen LogP contribution in [0.1, 0.15) is 0 Å². The summed E-state index contributed by atoms with van der Waals surface area (Å²) < 4.78 is 36.6. The van der Waals surface area contributed by atoms with Crippen LogP contribution < -0.4 is 10.6 Å². The van der Waals surface area contributed by atoms with Crippen LogP contribution in [-0.4, -0.2) is 27.5 Å². The van der Waals surface area contributed by atoms with E-state index in [1.807, 2.05) is 0 Å². The molecule has 0 unspecified atom stereocenters. The highest BCUT2D eigenvalue weighted by atomic mass is 79.9. The fourth-order valence-corrected chi connectivity index (χ4v) is 2.78. The van der Waals surface area contributed by atoms with Crippen LogP contribution in [0, 0.1) is 5.82 Å². The van der Waals surface area contributed by atoms with Crippen molar-refractivity contribution >= 4 is 31.6 Å². The maximum Gasteiger partial charge on any atom is 0.255 e. The van der Waals surface area contributed by atoms with Gasteiger partial charge in [0.15, 0.2) is 0 Å². The Kier molecular flexibility index (Phi) is 3.89. The van der Waals surface area contributed by atoms with Crippen LogP contribution in [-0.2, 0) is 10.0 Å². The summed E-state index contributed by atoms with van der Waals surface area (Å²) in [6.07, 6.45) is 0. The molecule has 0 aliphatic carbocycles. The van der Waals surface area contributed by atoms with Crippen LogP contribution >= 0.6 is 15.9 Å². The minimum absolute atomic E-state index is 0.0424. The van der Waals surface area contributed by atoms with Crippen molar-refractivity contribution in [2.24, 2.45) is 0 Å². The van der Waals surface area contributed by atoms with Gasteiger partial charge in [-0.3, -0.25) is 0 Å². The van der Waals surface area contributed by atoms with E-state index in [1.165, 1.54) is 19.1 Å². The first-order valence-electron chi connectivity index (χ1n) is 4.18. The molecule has 0 atom stereocenters. The normalized spacial score (nSPS) is 12.1. The lowest BCUT2D eigenvalue weighted by molar-refractivity contribution is 0.364. The molecule has 1 aromatic carbocycles. The van der Waals surface area contributed by atoms with Crippen LogP contribution in [0.3, 0.4) is 0 Å². The first-order chi connectivity index (χ1) is 7.24. The topological polar surface area (TPSA) is 75.4 Å². The molecule has 90 valence electrons. The molecule has 5 nitrogen and oxygen atoms in total. The zero-order chi connectivity index (χ0) is 12.5. The molecule has 0 heterocycles. The first kappa shape index (κ1) is 13.4. The maximum absolute atomic E-state index is 13.1. The summed E-state index contributed by atoms with van der Waals surface area (Å²) in [5.41, 5.74) is 5.31. The Hall–Kier alpha value is -0.700. The number of nitrogens with zero attached hydrogens (tertiary/aromatic N) is 1. The van der Waals surface area contributed by atoms with Crippen molar-refractivity contribution in [2.45, 2.75) is 4.90 Å². The maximum atomic E-state index is 13.1. The highest BCUT2D eigenvalue weighted by Crippen LogP contribution is 2.25. The van der Waals surface area contributed by atoms with Crippen molar-refractivity contribution in [2.75, 3.05) is 19.8 Å². The molecule has 0 spiro atoms. The minimum Gasteiger partial charge on any atom is -0.398 e. The molecule has 1 rings (SSSR count). The molecule has 0 amide bonds.